The van der Waals surface area contributed by atoms with E-state index in [0.717, 1.165) is 5.56 Å². The van der Waals surface area contributed by atoms with Crippen LogP contribution in [0.3, 0.4) is 0 Å². The molecule has 1 aliphatic carbocycles. The highest BCUT2D eigenvalue weighted by Crippen LogP contribution is 2.27. The first-order chi connectivity index (χ1) is 9.61. The average Bonchev–Trinajstić information content (AvgIpc) is 2.45. The van der Waals surface area contributed by atoms with Gasteiger partial charge in [-0.2, -0.15) is 0 Å². The van der Waals surface area contributed by atoms with Crippen LogP contribution >= 0.6 is 0 Å². The van der Waals surface area contributed by atoms with Crippen molar-refractivity contribution in [2.75, 3.05) is 0 Å². The molecule has 1 aliphatic rings. The molecule has 0 amide bonds. The summed E-state index contributed by atoms with van der Waals surface area (Å²) in [6.07, 6.45) is 6.16. The van der Waals surface area contributed by atoms with Crippen LogP contribution < -0.4 is 5.32 Å². The topological polar surface area (TPSA) is 49.3 Å². The Hall–Kier alpha value is -1.42. The highest BCUT2D eigenvalue weighted by atomic mass is 19.1. The van der Waals surface area contributed by atoms with Crippen molar-refractivity contribution in [3.05, 3.63) is 35.1 Å². The molecule has 0 spiro atoms. The first-order valence-corrected chi connectivity index (χ1v) is 7.37. The Morgan fingerprint density at radius 1 is 1.40 bits per heavy atom. The molecular formula is C16H22FNO2. The first-order valence-electron chi connectivity index (χ1n) is 7.37. The normalized spacial score (nSPS) is 22.7. The molecule has 0 bridgehead atoms. The molecule has 3 nitrogen and oxygen atoms in total. The fourth-order valence-electron chi connectivity index (χ4n) is 3.06. The third-order valence-corrected chi connectivity index (χ3v) is 4.27. The lowest BCUT2D eigenvalue weighted by Crippen LogP contribution is -2.37. The van der Waals surface area contributed by atoms with Crippen LogP contribution in [0, 0.1) is 11.7 Å². The summed E-state index contributed by atoms with van der Waals surface area (Å²) in [6, 6.07) is 4.84. The van der Waals surface area contributed by atoms with Crippen molar-refractivity contribution >= 4 is 5.97 Å². The van der Waals surface area contributed by atoms with Crippen molar-refractivity contribution in [2.24, 2.45) is 5.92 Å². The van der Waals surface area contributed by atoms with Crippen molar-refractivity contribution in [3.63, 3.8) is 0 Å². The van der Waals surface area contributed by atoms with E-state index in [1.165, 1.54) is 44.2 Å². The molecular weight excluding hydrogens is 257 g/mol. The lowest BCUT2D eigenvalue weighted by molar-refractivity contribution is 0.0692. The number of carboxylic acid groups (broad SMARTS) is 1. The molecule has 1 fully saturated rings. The molecule has 1 aromatic rings. The van der Waals surface area contributed by atoms with Crippen molar-refractivity contribution in [3.8, 4) is 0 Å². The quantitative estimate of drug-likeness (QED) is 0.866. The molecule has 0 heterocycles. The number of carbonyl (C=O) groups is 1. The molecule has 2 rings (SSSR count). The van der Waals surface area contributed by atoms with E-state index in [1.54, 1.807) is 6.07 Å². The second kappa shape index (κ2) is 6.84. The van der Waals surface area contributed by atoms with Gasteiger partial charge in [-0.25, -0.2) is 9.18 Å². The molecule has 2 N–H and O–H groups in total. The zero-order valence-corrected chi connectivity index (χ0v) is 11.9. The lowest BCUT2D eigenvalue weighted by Gasteiger charge is -2.31. The molecule has 0 radical (unpaired) electrons. The fourth-order valence-corrected chi connectivity index (χ4v) is 3.06. The van der Waals surface area contributed by atoms with Crippen LogP contribution in [-0.4, -0.2) is 17.1 Å². The summed E-state index contributed by atoms with van der Waals surface area (Å²) < 4.78 is 13.6. The summed E-state index contributed by atoms with van der Waals surface area (Å²) in [6.45, 7) is 2.81. The minimum absolute atomic E-state index is 0.266. The van der Waals surface area contributed by atoms with Crippen molar-refractivity contribution in [1.82, 2.24) is 5.32 Å². The number of benzene rings is 1. The van der Waals surface area contributed by atoms with E-state index >= 15 is 0 Å². The standard InChI is InChI=1S/C16H22FNO2/c1-2-12-5-3-4-6-15(12)18-10-11-7-8-13(16(19)20)14(17)9-11/h7-9,12,15,18H,2-6,10H2,1H3,(H,19,20). The van der Waals surface area contributed by atoms with E-state index < -0.39 is 11.8 Å². The summed E-state index contributed by atoms with van der Waals surface area (Å²) in [5.41, 5.74) is 0.533. The summed E-state index contributed by atoms with van der Waals surface area (Å²) in [5.74, 6) is -1.18. The van der Waals surface area contributed by atoms with Gasteiger partial charge in [-0.1, -0.05) is 32.3 Å². The van der Waals surface area contributed by atoms with Crippen molar-refractivity contribution < 1.29 is 14.3 Å². The van der Waals surface area contributed by atoms with Crippen LogP contribution in [0.15, 0.2) is 18.2 Å². The molecule has 20 heavy (non-hydrogen) atoms. The summed E-state index contributed by atoms with van der Waals surface area (Å²) >= 11 is 0. The number of carboxylic acids is 1. The monoisotopic (exact) mass is 279 g/mol. The maximum Gasteiger partial charge on any atom is 0.338 e. The van der Waals surface area contributed by atoms with E-state index in [4.69, 9.17) is 5.11 Å². The lowest BCUT2D eigenvalue weighted by atomic mass is 9.83. The van der Waals surface area contributed by atoms with Crippen molar-refractivity contribution in [1.29, 1.82) is 0 Å². The van der Waals surface area contributed by atoms with Gasteiger partial charge in [0.2, 0.25) is 0 Å². The maximum absolute atomic E-state index is 13.6. The third kappa shape index (κ3) is 3.57. The zero-order chi connectivity index (χ0) is 14.5. The summed E-state index contributed by atoms with van der Waals surface area (Å²) in [5, 5.41) is 12.3. The Morgan fingerprint density at radius 2 is 2.15 bits per heavy atom. The van der Waals surface area contributed by atoms with Gasteiger partial charge in [0.15, 0.2) is 0 Å². The van der Waals surface area contributed by atoms with Gasteiger partial charge < -0.3 is 10.4 Å². The van der Waals surface area contributed by atoms with Gasteiger partial charge >= 0.3 is 5.97 Å². The van der Waals surface area contributed by atoms with Crippen LogP contribution in [0.5, 0.6) is 0 Å². The van der Waals surface area contributed by atoms with Crippen LogP contribution in [0.1, 0.15) is 54.9 Å². The molecule has 110 valence electrons. The van der Waals surface area contributed by atoms with Gasteiger partial charge in [0, 0.05) is 12.6 Å². The van der Waals surface area contributed by atoms with Crippen LogP contribution in [0.25, 0.3) is 0 Å². The van der Waals surface area contributed by atoms with Gasteiger partial charge in [-0.3, -0.25) is 0 Å². The van der Waals surface area contributed by atoms with E-state index in [2.05, 4.69) is 12.2 Å². The van der Waals surface area contributed by atoms with Crippen molar-refractivity contribution in [2.45, 2.75) is 51.6 Å². The highest BCUT2D eigenvalue weighted by Gasteiger charge is 2.23. The van der Waals surface area contributed by atoms with Crippen LogP contribution in [-0.2, 0) is 6.54 Å². The number of hydrogen-bond acceptors (Lipinski definition) is 2. The van der Waals surface area contributed by atoms with Gasteiger partial charge in [-0.05, 0) is 36.5 Å². The Bertz CT molecular complexity index is 476. The molecule has 1 saturated carbocycles. The smallest absolute Gasteiger partial charge is 0.338 e. The molecule has 0 saturated heterocycles. The number of nitrogens with one attached hydrogen (secondary N) is 1. The number of halogens is 1. The summed E-state index contributed by atoms with van der Waals surface area (Å²) in [7, 11) is 0. The van der Waals surface area contributed by atoms with Gasteiger partial charge in [-0.15, -0.1) is 0 Å². The largest absolute Gasteiger partial charge is 0.478 e. The molecule has 1 aromatic carbocycles. The fraction of sp³-hybridized carbons (Fsp3) is 0.562. The van der Waals surface area contributed by atoms with Crippen LogP contribution in [0.2, 0.25) is 0 Å². The van der Waals surface area contributed by atoms with Gasteiger partial charge in [0.1, 0.15) is 5.82 Å². The predicted molar refractivity (Wildman–Crippen MR) is 76.2 cm³/mol. The molecule has 0 aromatic heterocycles. The van der Waals surface area contributed by atoms with E-state index in [1.807, 2.05) is 0 Å². The highest BCUT2D eigenvalue weighted by molar-refractivity contribution is 5.87. The second-order valence-corrected chi connectivity index (χ2v) is 5.56. The van der Waals surface area contributed by atoms with Crippen LogP contribution in [0.4, 0.5) is 4.39 Å². The van der Waals surface area contributed by atoms with E-state index in [-0.39, 0.29) is 5.56 Å². The SMILES string of the molecule is CCC1CCCCC1NCc1ccc(C(=O)O)c(F)c1. The molecule has 2 unspecified atom stereocenters. The third-order valence-electron chi connectivity index (χ3n) is 4.27. The molecule has 2 atom stereocenters. The first kappa shape index (κ1) is 15.0. The minimum atomic E-state index is -1.22. The summed E-state index contributed by atoms with van der Waals surface area (Å²) in [4.78, 5) is 10.8. The Morgan fingerprint density at radius 3 is 2.80 bits per heavy atom. The Kier molecular flexibility index (Phi) is 5.12. The number of rotatable bonds is 5. The Labute approximate surface area is 119 Å². The second-order valence-electron chi connectivity index (χ2n) is 5.56. The number of aromatic carboxylic acids is 1. The maximum atomic E-state index is 13.6. The minimum Gasteiger partial charge on any atom is -0.478 e. The molecule has 0 aliphatic heterocycles. The van der Waals surface area contributed by atoms with E-state index in [0.29, 0.717) is 18.5 Å². The Balaban J connectivity index is 1.96. The molecule has 4 heteroatoms. The van der Waals surface area contributed by atoms with E-state index in [9.17, 15) is 9.18 Å². The zero-order valence-electron chi connectivity index (χ0n) is 11.9. The number of hydrogen-bond donors (Lipinski definition) is 2. The van der Waals surface area contributed by atoms with Gasteiger partial charge in [0.25, 0.3) is 0 Å². The predicted octanol–water partition coefficient (Wildman–Crippen LogP) is 3.58. The van der Waals surface area contributed by atoms with Gasteiger partial charge in [0.05, 0.1) is 5.56 Å². The average molecular weight is 279 g/mol.